The van der Waals surface area contributed by atoms with E-state index in [0.717, 1.165) is 18.9 Å². The molecule has 13 heavy (non-hydrogen) atoms. The maximum Gasteiger partial charge on any atom is 0.0107 e. The molecular formula is C11H15NS. The van der Waals surface area contributed by atoms with E-state index in [9.17, 15) is 0 Å². The molecule has 1 aliphatic rings. The number of thioether (sulfide) groups is 1. The summed E-state index contributed by atoms with van der Waals surface area (Å²) in [6, 6.07) is 8.75. The Labute approximate surface area is 83.7 Å². The second-order valence-corrected chi connectivity index (χ2v) is 4.54. The minimum Gasteiger partial charge on any atom is -0.330 e. The Bertz CT molecular complexity index is 285. The largest absolute Gasteiger partial charge is 0.330 e. The van der Waals surface area contributed by atoms with Gasteiger partial charge in [0.2, 0.25) is 0 Å². The van der Waals surface area contributed by atoms with Crippen molar-refractivity contribution in [3.63, 3.8) is 0 Å². The van der Waals surface area contributed by atoms with Crippen molar-refractivity contribution in [3.05, 3.63) is 29.8 Å². The van der Waals surface area contributed by atoms with Crippen LogP contribution in [0.1, 0.15) is 24.3 Å². The highest BCUT2D eigenvalue weighted by atomic mass is 32.2. The Morgan fingerprint density at radius 3 is 3.08 bits per heavy atom. The summed E-state index contributed by atoms with van der Waals surface area (Å²) in [5, 5.41) is 0. The van der Waals surface area contributed by atoms with Crippen LogP contribution in [-0.4, -0.2) is 12.3 Å². The average molecular weight is 193 g/mol. The second-order valence-electron chi connectivity index (χ2n) is 3.48. The normalized spacial score (nSPS) is 20.2. The molecule has 1 atom stereocenters. The van der Waals surface area contributed by atoms with Crippen LogP contribution < -0.4 is 5.73 Å². The first-order chi connectivity index (χ1) is 6.42. The highest BCUT2D eigenvalue weighted by Gasteiger charge is 2.21. The van der Waals surface area contributed by atoms with Gasteiger partial charge in [-0.2, -0.15) is 0 Å². The van der Waals surface area contributed by atoms with Gasteiger partial charge < -0.3 is 5.73 Å². The highest BCUT2D eigenvalue weighted by Crippen LogP contribution is 2.41. The molecule has 0 saturated carbocycles. The summed E-state index contributed by atoms with van der Waals surface area (Å²) in [6.07, 6.45) is 2.40. The van der Waals surface area contributed by atoms with Gasteiger partial charge in [-0.25, -0.2) is 0 Å². The standard InChI is InChI=1S/C11H15NS/c12-7-3-4-9-8-13-11-6-2-1-5-10(9)11/h1-2,5-6,9H,3-4,7-8,12H2. The summed E-state index contributed by atoms with van der Waals surface area (Å²) < 4.78 is 0. The molecule has 1 heterocycles. The number of benzene rings is 1. The van der Waals surface area contributed by atoms with Gasteiger partial charge in [-0.15, -0.1) is 11.8 Å². The highest BCUT2D eigenvalue weighted by molar-refractivity contribution is 7.99. The van der Waals surface area contributed by atoms with Crippen LogP contribution in [0.5, 0.6) is 0 Å². The molecule has 0 amide bonds. The van der Waals surface area contributed by atoms with Gasteiger partial charge in [-0.1, -0.05) is 18.2 Å². The molecule has 1 nitrogen and oxygen atoms in total. The fourth-order valence-electron chi connectivity index (χ4n) is 1.83. The summed E-state index contributed by atoms with van der Waals surface area (Å²) in [7, 11) is 0. The van der Waals surface area contributed by atoms with Crippen LogP contribution in [0, 0.1) is 0 Å². The number of hydrogen-bond donors (Lipinski definition) is 1. The summed E-state index contributed by atoms with van der Waals surface area (Å²) in [4.78, 5) is 1.48. The van der Waals surface area contributed by atoms with Crippen molar-refractivity contribution in [2.45, 2.75) is 23.7 Å². The lowest BCUT2D eigenvalue weighted by atomic mass is 9.96. The van der Waals surface area contributed by atoms with E-state index in [2.05, 4.69) is 24.3 Å². The first-order valence-corrected chi connectivity index (χ1v) is 5.82. The zero-order valence-electron chi connectivity index (χ0n) is 7.70. The molecule has 2 rings (SSSR count). The van der Waals surface area contributed by atoms with Crippen molar-refractivity contribution in [2.75, 3.05) is 12.3 Å². The fourth-order valence-corrected chi connectivity index (χ4v) is 3.14. The van der Waals surface area contributed by atoms with Crippen molar-refractivity contribution >= 4 is 11.8 Å². The van der Waals surface area contributed by atoms with Gasteiger partial charge in [-0.3, -0.25) is 0 Å². The molecule has 0 radical (unpaired) electrons. The molecule has 1 aliphatic heterocycles. The molecule has 0 aliphatic carbocycles. The van der Waals surface area contributed by atoms with Crippen molar-refractivity contribution < 1.29 is 0 Å². The van der Waals surface area contributed by atoms with Gasteiger partial charge >= 0.3 is 0 Å². The van der Waals surface area contributed by atoms with Crippen molar-refractivity contribution in [2.24, 2.45) is 5.73 Å². The Kier molecular flexibility index (Phi) is 2.91. The average Bonchev–Trinajstić information content (AvgIpc) is 2.58. The Morgan fingerprint density at radius 1 is 1.38 bits per heavy atom. The van der Waals surface area contributed by atoms with Crippen LogP contribution in [-0.2, 0) is 0 Å². The Balaban J connectivity index is 2.09. The first kappa shape index (κ1) is 9.10. The minimum atomic E-state index is 0.754. The quantitative estimate of drug-likeness (QED) is 0.798. The minimum absolute atomic E-state index is 0.754. The van der Waals surface area contributed by atoms with Gasteiger partial charge in [0.25, 0.3) is 0 Å². The second kappa shape index (κ2) is 4.16. The number of nitrogens with two attached hydrogens (primary N) is 1. The molecule has 2 heteroatoms. The third kappa shape index (κ3) is 1.89. The van der Waals surface area contributed by atoms with Crippen LogP contribution in [0.4, 0.5) is 0 Å². The zero-order valence-corrected chi connectivity index (χ0v) is 8.52. The van der Waals surface area contributed by atoms with Gasteiger partial charge in [0.15, 0.2) is 0 Å². The van der Waals surface area contributed by atoms with Crippen LogP contribution in [0.3, 0.4) is 0 Å². The van der Waals surface area contributed by atoms with Crippen LogP contribution >= 0.6 is 11.8 Å². The van der Waals surface area contributed by atoms with E-state index >= 15 is 0 Å². The monoisotopic (exact) mass is 193 g/mol. The lowest BCUT2D eigenvalue weighted by Gasteiger charge is -2.08. The van der Waals surface area contributed by atoms with E-state index in [0.29, 0.717) is 0 Å². The number of fused-ring (bicyclic) bond motifs is 1. The molecular weight excluding hydrogens is 178 g/mol. The number of hydrogen-bond acceptors (Lipinski definition) is 2. The predicted molar refractivity (Wildman–Crippen MR) is 58.2 cm³/mol. The van der Waals surface area contributed by atoms with E-state index in [1.54, 1.807) is 5.56 Å². The van der Waals surface area contributed by atoms with E-state index in [4.69, 9.17) is 5.73 Å². The van der Waals surface area contributed by atoms with Crippen molar-refractivity contribution in [1.29, 1.82) is 0 Å². The molecule has 70 valence electrons. The van der Waals surface area contributed by atoms with E-state index in [1.807, 2.05) is 11.8 Å². The lowest BCUT2D eigenvalue weighted by molar-refractivity contribution is 0.649. The van der Waals surface area contributed by atoms with Crippen molar-refractivity contribution in [3.8, 4) is 0 Å². The van der Waals surface area contributed by atoms with E-state index < -0.39 is 0 Å². The lowest BCUT2D eigenvalue weighted by Crippen LogP contribution is -2.03. The Hall–Kier alpha value is -0.470. The summed E-state index contributed by atoms with van der Waals surface area (Å²) in [6.45, 7) is 0.823. The smallest absolute Gasteiger partial charge is 0.0107 e. The third-order valence-electron chi connectivity index (χ3n) is 2.56. The van der Waals surface area contributed by atoms with Crippen LogP contribution in [0.25, 0.3) is 0 Å². The predicted octanol–water partition coefficient (Wildman–Crippen LogP) is 2.61. The van der Waals surface area contributed by atoms with Gasteiger partial charge in [-0.05, 0) is 36.9 Å². The van der Waals surface area contributed by atoms with Crippen molar-refractivity contribution in [1.82, 2.24) is 0 Å². The van der Waals surface area contributed by atoms with Gasteiger partial charge in [0, 0.05) is 10.6 Å². The SMILES string of the molecule is NCCCC1CSc2ccccc21. The number of rotatable bonds is 3. The zero-order chi connectivity index (χ0) is 9.10. The van der Waals surface area contributed by atoms with Gasteiger partial charge in [0.05, 0.1) is 0 Å². The molecule has 0 fully saturated rings. The molecule has 2 N–H and O–H groups in total. The first-order valence-electron chi connectivity index (χ1n) is 4.83. The van der Waals surface area contributed by atoms with E-state index in [1.165, 1.54) is 17.1 Å². The summed E-state index contributed by atoms with van der Waals surface area (Å²) >= 11 is 1.99. The topological polar surface area (TPSA) is 26.0 Å². The summed E-state index contributed by atoms with van der Waals surface area (Å²) in [5.41, 5.74) is 7.06. The molecule has 0 aromatic heterocycles. The maximum atomic E-state index is 5.52. The van der Waals surface area contributed by atoms with E-state index in [-0.39, 0.29) is 0 Å². The van der Waals surface area contributed by atoms with Crippen LogP contribution in [0.15, 0.2) is 29.2 Å². The third-order valence-corrected chi connectivity index (χ3v) is 3.81. The molecule has 0 saturated heterocycles. The molecule has 1 aromatic carbocycles. The van der Waals surface area contributed by atoms with Gasteiger partial charge in [0.1, 0.15) is 0 Å². The molecule has 1 unspecified atom stereocenters. The fraction of sp³-hybridized carbons (Fsp3) is 0.455. The maximum absolute atomic E-state index is 5.52. The summed E-state index contributed by atoms with van der Waals surface area (Å²) in [5.74, 6) is 2.00. The Morgan fingerprint density at radius 2 is 2.23 bits per heavy atom. The van der Waals surface area contributed by atoms with Crippen LogP contribution in [0.2, 0.25) is 0 Å². The molecule has 0 bridgehead atoms. The molecule has 1 aromatic rings. The molecule has 0 spiro atoms.